The van der Waals surface area contributed by atoms with E-state index in [1.165, 1.54) is 16.6 Å². The molecule has 2 heterocycles. The number of nitrogens with one attached hydrogen (secondary N) is 1. The third-order valence-electron chi connectivity index (χ3n) is 3.95. The Balaban J connectivity index is 1.62. The Morgan fingerprint density at radius 2 is 2.30 bits per heavy atom. The van der Waals surface area contributed by atoms with Gasteiger partial charge in [-0.3, -0.25) is 4.79 Å². The van der Waals surface area contributed by atoms with E-state index in [0.717, 1.165) is 13.0 Å². The number of amides is 1. The molecule has 4 heteroatoms. The summed E-state index contributed by atoms with van der Waals surface area (Å²) in [5.74, 6) is 0.161. The van der Waals surface area contributed by atoms with Crippen LogP contribution in [0.2, 0.25) is 0 Å². The molecule has 1 N–H and O–H groups in total. The molecule has 1 saturated heterocycles. The molecule has 4 nitrogen and oxygen atoms in total. The number of hydrogen-bond acceptors (Lipinski definition) is 2. The van der Waals surface area contributed by atoms with Gasteiger partial charge in [0.05, 0.1) is 12.5 Å². The second-order valence-corrected chi connectivity index (χ2v) is 5.35. The highest BCUT2D eigenvalue weighted by molar-refractivity contribution is 5.81. The molecular formula is C16H20N2O2. The first-order valence-corrected chi connectivity index (χ1v) is 7.16. The van der Waals surface area contributed by atoms with Gasteiger partial charge in [-0.2, -0.15) is 0 Å². The van der Waals surface area contributed by atoms with Crippen molar-refractivity contribution in [3.05, 3.63) is 36.0 Å². The van der Waals surface area contributed by atoms with Crippen LogP contribution in [0.1, 0.15) is 12.1 Å². The van der Waals surface area contributed by atoms with Crippen LogP contribution >= 0.6 is 0 Å². The second-order valence-electron chi connectivity index (χ2n) is 5.35. The number of carbonyl (C=O) groups excluding carboxylic acids is 1. The average Bonchev–Trinajstić information content (AvgIpc) is 3.07. The van der Waals surface area contributed by atoms with Crippen LogP contribution in [-0.2, 0) is 16.1 Å². The summed E-state index contributed by atoms with van der Waals surface area (Å²) >= 11 is 0. The number of ether oxygens (including phenoxy) is 1. The number of hydrogen-bond donors (Lipinski definition) is 1. The first-order valence-electron chi connectivity index (χ1n) is 7.16. The van der Waals surface area contributed by atoms with Crippen LogP contribution in [0.25, 0.3) is 10.9 Å². The number of fused-ring (bicyclic) bond motifs is 1. The van der Waals surface area contributed by atoms with E-state index < -0.39 is 0 Å². The van der Waals surface area contributed by atoms with Gasteiger partial charge in [0.15, 0.2) is 0 Å². The minimum atomic E-state index is 0.0394. The first-order chi connectivity index (χ1) is 9.75. The zero-order valence-corrected chi connectivity index (χ0v) is 11.8. The van der Waals surface area contributed by atoms with E-state index in [4.69, 9.17) is 4.74 Å². The van der Waals surface area contributed by atoms with E-state index in [9.17, 15) is 4.79 Å². The van der Waals surface area contributed by atoms with Gasteiger partial charge in [-0.15, -0.1) is 0 Å². The normalized spacial score (nSPS) is 18.6. The van der Waals surface area contributed by atoms with Gasteiger partial charge in [0.2, 0.25) is 5.91 Å². The smallest absolute Gasteiger partial charge is 0.225 e. The summed E-state index contributed by atoms with van der Waals surface area (Å²) in [4.78, 5) is 11.9. The van der Waals surface area contributed by atoms with E-state index >= 15 is 0 Å². The van der Waals surface area contributed by atoms with Gasteiger partial charge in [-0.25, -0.2) is 0 Å². The fourth-order valence-corrected chi connectivity index (χ4v) is 2.82. The lowest BCUT2D eigenvalue weighted by Gasteiger charge is -2.12. The van der Waals surface area contributed by atoms with Gasteiger partial charge in [0, 0.05) is 30.9 Å². The van der Waals surface area contributed by atoms with E-state index in [-0.39, 0.29) is 11.8 Å². The molecule has 0 radical (unpaired) electrons. The van der Waals surface area contributed by atoms with Crippen LogP contribution in [-0.4, -0.2) is 30.2 Å². The van der Waals surface area contributed by atoms with E-state index in [1.807, 2.05) is 12.1 Å². The maximum atomic E-state index is 11.9. The lowest BCUT2D eigenvalue weighted by molar-refractivity contribution is -0.124. The quantitative estimate of drug-likeness (QED) is 0.926. The molecule has 1 aromatic heterocycles. The Morgan fingerprint density at radius 1 is 1.45 bits per heavy atom. The van der Waals surface area contributed by atoms with Crippen LogP contribution in [0.15, 0.2) is 30.3 Å². The standard InChI is InChI=1S/C16H20N2O2/c1-12-10-13-4-2-3-5-15(13)18(12)8-7-17-16(19)14-6-9-20-11-14/h2-5,10,14H,6-9,11H2,1H3,(H,17,19). The minimum Gasteiger partial charge on any atom is -0.381 e. The average molecular weight is 272 g/mol. The minimum absolute atomic E-state index is 0.0394. The third kappa shape index (κ3) is 2.56. The summed E-state index contributed by atoms with van der Waals surface area (Å²) in [6, 6.07) is 10.5. The molecule has 1 unspecified atom stereocenters. The fourth-order valence-electron chi connectivity index (χ4n) is 2.82. The van der Waals surface area contributed by atoms with Gasteiger partial charge < -0.3 is 14.6 Å². The van der Waals surface area contributed by atoms with Gasteiger partial charge in [0.1, 0.15) is 0 Å². The van der Waals surface area contributed by atoms with E-state index in [1.54, 1.807) is 0 Å². The largest absolute Gasteiger partial charge is 0.381 e. The lowest BCUT2D eigenvalue weighted by Crippen LogP contribution is -2.33. The molecular weight excluding hydrogens is 252 g/mol. The summed E-state index contributed by atoms with van der Waals surface area (Å²) in [7, 11) is 0. The van der Waals surface area contributed by atoms with Gasteiger partial charge in [0.25, 0.3) is 0 Å². The number of para-hydroxylation sites is 1. The van der Waals surface area contributed by atoms with E-state index in [0.29, 0.717) is 19.8 Å². The first kappa shape index (κ1) is 13.2. The molecule has 1 aliphatic heterocycles. The van der Waals surface area contributed by atoms with Gasteiger partial charge in [-0.05, 0) is 30.9 Å². The van der Waals surface area contributed by atoms with Crippen molar-refractivity contribution in [1.82, 2.24) is 9.88 Å². The van der Waals surface area contributed by atoms with Crippen molar-refractivity contribution in [2.75, 3.05) is 19.8 Å². The zero-order chi connectivity index (χ0) is 13.9. The zero-order valence-electron chi connectivity index (χ0n) is 11.8. The highest BCUT2D eigenvalue weighted by Gasteiger charge is 2.22. The van der Waals surface area contributed by atoms with Crippen molar-refractivity contribution in [2.45, 2.75) is 19.9 Å². The highest BCUT2D eigenvalue weighted by Crippen LogP contribution is 2.18. The second kappa shape index (κ2) is 5.67. The monoisotopic (exact) mass is 272 g/mol. The Labute approximate surface area is 118 Å². The molecule has 0 bridgehead atoms. The molecule has 1 amide bonds. The van der Waals surface area contributed by atoms with Crippen LogP contribution in [0.5, 0.6) is 0 Å². The van der Waals surface area contributed by atoms with E-state index in [2.05, 4.69) is 35.0 Å². The molecule has 2 aromatic rings. The molecule has 1 atom stereocenters. The van der Waals surface area contributed by atoms with Crippen molar-refractivity contribution in [2.24, 2.45) is 5.92 Å². The SMILES string of the molecule is Cc1cc2ccccc2n1CCNC(=O)C1CCOC1. The number of nitrogens with zero attached hydrogens (tertiary/aromatic N) is 1. The van der Waals surface area contributed by atoms with Crippen LogP contribution in [0.4, 0.5) is 0 Å². The van der Waals surface area contributed by atoms with Gasteiger partial charge in [-0.1, -0.05) is 18.2 Å². The van der Waals surface area contributed by atoms with Crippen LogP contribution < -0.4 is 5.32 Å². The fraction of sp³-hybridized carbons (Fsp3) is 0.438. The van der Waals surface area contributed by atoms with Crippen molar-refractivity contribution in [3.8, 4) is 0 Å². The lowest BCUT2D eigenvalue weighted by atomic mass is 10.1. The summed E-state index contributed by atoms with van der Waals surface area (Å²) < 4.78 is 7.49. The number of rotatable bonds is 4. The summed E-state index contributed by atoms with van der Waals surface area (Å²) in [5.41, 5.74) is 2.45. The topological polar surface area (TPSA) is 43.3 Å². The number of benzene rings is 1. The molecule has 20 heavy (non-hydrogen) atoms. The van der Waals surface area contributed by atoms with Crippen molar-refractivity contribution < 1.29 is 9.53 Å². The molecule has 1 fully saturated rings. The van der Waals surface area contributed by atoms with Crippen molar-refractivity contribution in [1.29, 1.82) is 0 Å². The summed E-state index contributed by atoms with van der Waals surface area (Å²) in [6.45, 7) is 4.84. The summed E-state index contributed by atoms with van der Waals surface area (Å²) in [5, 5.41) is 4.27. The summed E-state index contributed by atoms with van der Waals surface area (Å²) in [6.07, 6.45) is 0.845. The third-order valence-corrected chi connectivity index (χ3v) is 3.95. The van der Waals surface area contributed by atoms with Crippen LogP contribution in [0.3, 0.4) is 0 Å². The Hall–Kier alpha value is -1.81. The molecule has 1 aromatic carbocycles. The predicted molar refractivity (Wildman–Crippen MR) is 78.6 cm³/mol. The number of aromatic nitrogens is 1. The maximum absolute atomic E-state index is 11.9. The van der Waals surface area contributed by atoms with Gasteiger partial charge >= 0.3 is 0 Å². The Morgan fingerprint density at radius 3 is 3.10 bits per heavy atom. The van der Waals surface area contributed by atoms with Crippen LogP contribution in [0, 0.1) is 12.8 Å². The number of carbonyl (C=O) groups is 1. The number of aryl methyl sites for hydroxylation is 1. The Bertz CT molecular complexity index is 612. The molecule has 1 aliphatic rings. The van der Waals surface area contributed by atoms with Crippen molar-refractivity contribution >= 4 is 16.8 Å². The predicted octanol–water partition coefficient (Wildman–Crippen LogP) is 2.10. The molecule has 0 aliphatic carbocycles. The molecule has 0 saturated carbocycles. The molecule has 0 spiro atoms. The van der Waals surface area contributed by atoms with Crippen molar-refractivity contribution in [3.63, 3.8) is 0 Å². The molecule has 106 valence electrons. The maximum Gasteiger partial charge on any atom is 0.225 e. The Kier molecular flexibility index (Phi) is 3.74. The molecule has 3 rings (SSSR count). The highest BCUT2D eigenvalue weighted by atomic mass is 16.5.